The van der Waals surface area contributed by atoms with E-state index in [-0.39, 0.29) is 5.91 Å². The molecule has 0 saturated carbocycles. The molecule has 3 nitrogen and oxygen atoms in total. The molecule has 1 heterocycles. The van der Waals surface area contributed by atoms with Crippen LogP contribution in [0.5, 0.6) is 5.75 Å². The first-order valence-corrected chi connectivity index (χ1v) is 7.72. The molecule has 0 aliphatic heterocycles. The van der Waals surface area contributed by atoms with Gasteiger partial charge in [0, 0.05) is 16.1 Å². The van der Waals surface area contributed by atoms with E-state index in [1.54, 1.807) is 17.7 Å². The fourth-order valence-electron chi connectivity index (χ4n) is 2.61. The lowest BCUT2D eigenvalue weighted by Gasteiger charge is -2.09. The predicted octanol–water partition coefficient (Wildman–Crippen LogP) is 4.48. The zero-order valence-corrected chi connectivity index (χ0v) is 13.8. The van der Waals surface area contributed by atoms with Gasteiger partial charge in [-0.25, -0.2) is 0 Å². The maximum absolute atomic E-state index is 12.9. The number of methoxy groups -OCH3 is 1. The van der Waals surface area contributed by atoms with Crippen molar-refractivity contribution in [2.24, 2.45) is 0 Å². The van der Waals surface area contributed by atoms with Gasteiger partial charge in [-0.15, -0.1) is 0 Å². The molecule has 1 radical (unpaired) electrons. The maximum atomic E-state index is 12.9. The van der Waals surface area contributed by atoms with Gasteiger partial charge in [0.05, 0.1) is 18.2 Å². The zero-order valence-electron chi connectivity index (χ0n) is 12.2. The summed E-state index contributed by atoms with van der Waals surface area (Å²) in [5, 5.41) is 0.995. The van der Waals surface area contributed by atoms with Gasteiger partial charge >= 0.3 is 0 Å². The number of halogens is 1. The normalized spacial score (nSPS) is 10.9. The van der Waals surface area contributed by atoms with Gasteiger partial charge in [-0.05, 0) is 53.0 Å². The summed E-state index contributed by atoms with van der Waals surface area (Å²) < 4.78 is 7.86. The van der Waals surface area contributed by atoms with Crippen molar-refractivity contribution in [2.75, 3.05) is 7.11 Å². The molecule has 0 aliphatic rings. The minimum atomic E-state index is -0.0957. The van der Waals surface area contributed by atoms with Gasteiger partial charge in [0.25, 0.3) is 5.91 Å². The van der Waals surface area contributed by atoms with Gasteiger partial charge < -0.3 is 4.74 Å². The SMILES string of the molecule is [CH2]Cc1cn(C(=O)c2ccccc2Br)c2c(OC)cccc12. The molecule has 0 aliphatic carbocycles. The van der Waals surface area contributed by atoms with Gasteiger partial charge in [-0.3, -0.25) is 9.36 Å². The van der Waals surface area contributed by atoms with E-state index in [4.69, 9.17) is 4.74 Å². The van der Waals surface area contributed by atoms with Crippen molar-refractivity contribution in [1.29, 1.82) is 0 Å². The number of nitrogens with zero attached hydrogens (tertiary/aromatic N) is 1. The Labute approximate surface area is 137 Å². The molecular formula is C18H15BrNO2. The highest BCUT2D eigenvalue weighted by Crippen LogP contribution is 2.31. The summed E-state index contributed by atoms with van der Waals surface area (Å²) in [4.78, 5) is 12.9. The topological polar surface area (TPSA) is 31.2 Å². The predicted molar refractivity (Wildman–Crippen MR) is 91.4 cm³/mol. The highest BCUT2D eigenvalue weighted by atomic mass is 79.9. The molecule has 0 saturated heterocycles. The fraction of sp³-hybridized carbons (Fsp3) is 0.111. The molecule has 3 aromatic rings. The van der Waals surface area contributed by atoms with Crippen LogP contribution in [0.2, 0.25) is 0 Å². The number of aromatic nitrogens is 1. The Kier molecular flexibility index (Phi) is 4.03. The van der Waals surface area contributed by atoms with Crippen molar-refractivity contribution in [3.63, 3.8) is 0 Å². The summed E-state index contributed by atoms with van der Waals surface area (Å²) in [7, 11) is 1.61. The molecule has 0 amide bonds. The number of para-hydroxylation sites is 1. The average Bonchev–Trinajstić information content (AvgIpc) is 2.93. The number of benzene rings is 2. The van der Waals surface area contributed by atoms with Crippen molar-refractivity contribution in [1.82, 2.24) is 4.57 Å². The third-order valence-corrected chi connectivity index (χ3v) is 4.37. The fourth-order valence-corrected chi connectivity index (χ4v) is 3.06. The van der Waals surface area contributed by atoms with E-state index in [1.807, 2.05) is 42.6 Å². The van der Waals surface area contributed by atoms with Gasteiger partial charge in [0.1, 0.15) is 5.75 Å². The summed E-state index contributed by atoms with van der Waals surface area (Å²) >= 11 is 3.44. The Morgan fingerprint density at radius 2 is 2.00 bits per heavy atom. The van der Waals surface area contributed by atoms with Crippen LogP contribution in [0.15, 0.2) is 53.1 Å². The second-order valence-electron chi connectivity index (χ2n) is 4.92. The summed E-state index contributed by atoms with van der Waals surface area (Å²) in [5.41, 5.74) is 2.42. The van der Waals surface area contributed by atoms with Gasteiger partial charge in [-0.1, -0.05) is 24.3 Å². The van der Waals surface area contributed by atoms with Crippen molar-refractivity contribution in [3.05, 3.63) is 71.2 Å². The Morgan fingerprint density at radius 3 is 2.68 bits per heavy atom. The van der Waals surface area contributed by atoms with Crippen molar-refractivity contribution in [3.8, 4) is 5.75 Å². The van der Waals surface area contributed by atoms with E-state index in [9.17, 15) is 4.79 Å². The second kappa shape index (κ2) is 5.97. The van der Waals surface area contributed by atoms with E-state index >= 15 is 0 Å². The third kappa shape index (κ3) is 2.33. The van der Waals surface area contributed by atoms with Crippen LogP contribution in [-0.4, -0.2) is 17.6 Å². The molecule has 0 N–H and O–H groups in total. The monoisotopic (exact) mass is 356 g/mol. The Balaban J connectivity index is 2.27. The summed E-state index contributed by atoms with van der Waals surface area (Å²) in [5.74, 6) is 0.583. The molecule has 0 fully saturated rings. The first-order valence-electron chi connectivity index (χ1n) is 6.92. The van der Waals surface area contributed by atoms with E-state index < -0.39 is 0 Å². The van der Waals surface area contributed by atoms with Crippen molar-refractivity contribution in [2.45, 2.75) is 6.42 Å². The molecule has 0 spiro atoms. The molecule has 0 bridgehead atoms. The standard InChI is InChI=1S/C18H15BrNO2/c1-3-12-11-20(17-13(12)8-6-10-16(17)22-2)18(21)14-7-4-5-9-15(14)19/h4-11H,1,3H2,2H3. The molecule has 2 aromatic carbocycles. The van der Waals surface area contributed by atoms with Crippen LogP contribution in [0.25, 0.3) is 10.9 Å². The number of carbonyl (C=O) groups is 1. The summed E-state index contributed by atoms with van der Waals surface area (Å²) in [6, 6.07) is 13.2. The Morgan fingerprint density at radius 1 is 1.23 bits per heavy atom. The van der Waals surface area contributed by atoms with Crippen LogP contribution in [0, 0.1) is 6.92 Å². The van der Waals surface area contributed by atoms with Crippen LogP contribution >= 0.6 is 15.9 Å². The minimum Gasteiger partial charge on any atom is -0.495 e. The van der Waals surface area contributed by atoms with Crippen LogP contribution in [0.4, 0.5) is 0 Å². The second-order valence-corrected chi connectivity index (χ2v) is 5.77. The molecule has 3 rings (SSSR count). The molecule has 0 unspecified atom stereocenters. The molecule has 4 heteroatoms. The molecular weight excluding hydrogens is 342 g/mol. The molecule has 111 valence electrons. The van der Waals surface area contributed by atoms with E-state index in [0.717, 1.165) is 20.9 Å². The van der Waals surface area contributed by atoms with Crippen LogP contribution in [0.1, 0.15) is 15.9 Å². The van der Waals surface area contributed by atoms with Crippen LogP contribution in [0.3, 0.4) is 0 Å². The smallest absolute Gasteiger partial charge is 0.263 e. The highest BCUT2D eigenvalue weighted by molar-refractivity contribution is 9.10. The van der Waals surface area contributed by atoms with Gasteiger partial charge in [-0.2, -0.15) is 0 Å². The van der Waals surface area contributed by atoms with Crippen molar-refractivity contribution < 1.29 is 9.53 Å². The van der Waals surface area contributed by atoms with Gasteiger partial charge in [0.2, 0.25) is 0 Å². The first-order chi connectivity index (χ1) is 10.7. The highest BCUT2D eigenvalue weighted by Gasteiger charge is 2.19. The van der Waals surface area contributed by atoms with E-state index in [0.29, 0.717) is 17.7 Å². The van der Waals surface area contributed by atoms with Crippen molar-refractivity contribution >= 4 is 32.7 Å². The average molecular weight is 357 g/mol. The first kappa shape index (κ1) is 14.9. The molecule has 22 heavy (non-hydrogen) atoms. The molecule has 1 aromatic heterocycles. The Bertz CT molecular complexity index is 851. The zero-order chi connectivity index (χ0) is 15.7. The van der Waals surface area contributed by atoms with Crippen LogP contribution in [-0.2, 0) is 6.42 Å². The summed E-state index contributed by atoms with van der Waals surface area (Å²) in [6.45, 7) is 3.95. The number of rotatable bonds is 3. The minimum absolute atomic E-state index is 0.0957. The van der Waals surface area contributed by atoms with Crippen LogP contribution < -0.4 is 4.74 Å². The number of carbonyl (C=O) groups excluding carboxylic acids is 1. The number of fused-ring (bicyclic) bond motifs is 1. The number of hydrogen-bond acceptors (Lipinski definition) is 2. The van der Waals surface area contributed by atoms with E-state index in [1.165, 1.54) is 0 Å². The lowest BCUT2D eigenvalue weighted by Crippen LogP contribution is -2.11. The lowest BCUT2D eigenvalue weighted by molar-refractivity contribution is 0.0963. The van der Waals surface area contributed by atoms with Gasteiger partial charge in [0.15, 0.2) is 0 Å². The third-order valence-electron chi connectivity index (χ3n) is 3.68. The largest absolute Gasteiger partial charge is 0.495 e. The summed E-state index contributed by atoms with van der Waals surface area (Å²) in [6.07, 6.45) is 2.46. The number of ether oxygens (including phenoxy) is 1. The van der Waals surface area contributed by atoms with E-state index in [2.05, 4.69) is 22.9 Å². The molecule has 0 atom stereocenters. The maximum Gasteiger partial charge on any atom is 0.263 e. The number of hydrogen-bond donors (Lipinski definition) is 0. The quantitative estimate of drug-likeness (QED) is 0.692. The Hall–Kier alpha value is -2.07. The lowest BCUT2D eigenvalue weighted by atomic mass is 10.1.